The smallest absolute Gasteiger partial charge is 0.500 e. The number of fused-ring (bicyclic) bond motifs is 6. The van der Waals surface area contributed by atoms with E-state index in [0.29, 0.717) is 70.3 Å². The number of halogens is 2. The van der Waals surface area contributed by atoms with Gasteiger partial charge in [0.15, 0.2) is 0 Å². The average Bonchev–Trinajstić information content (AvgIpc) is 0.706. The molecule has 19 nitrogen and oxygen atoms in total. The van der Waals surface area contributed by atoms with Crippen LogP contribution in [0.3, 0.4) is 0 Å². The molecule has 0 saturated carbocycles. The molecule has 1 aliphatic carbocycles. The van der Waals surface area contributed by atoms with Gasteiger partial charge in [-0.25, -0.2) is 18.7 Å². The molecule has 1 amide bonds. The van der Waals surface area contributed by atoms with E-state index in [4.69, 9.17) is 40.4 Å². The number of hydrogen-bond donors (Lipinski definition) is 3. The third kappa shape index (κ3) is 20.8. The zero-order chi connectivity index (χ0) is 76.1. The van der Waals surface area contributed by atoms with Gasteiger partial charge in [0.2, 0.25) is 16.6 Å². The van der Waals surface area contributed by atoms with Crippen molar-refractivity contribution in [2.45, 2.75) is 186 Å². The van der Waals surface area contributed by atoms with Crippen molar-refractivity contribution < 1.29 is 89.5 Å². The minimum absolute atomic E-state index is 0. The molecule has 6 heterocycles. The number of ketones is 1. The number of nitrogens with zero attached hydrogens (tertiary/aromatic N) is 3. The Morgan fingerprint density at radius 1 is 0.602 bits per heavy atom. The number of unbranched alkanes of at least 4 members (excludes halogenated alkanes) is 1. The van der Waals surface area contributed by atoms with Crippen molar-refractivity contribution >= 4 is 69.2 Å². The number of carbonyl (C=O) groups is 4. The van der Waals surface area contributed by atoms with Gasteiger partial charge in [-0.1, -0.05) is 36.4 Å². The molecule has 3 N–H and O–H groups in total. The van der Waals surface area contributed by atoms with Crippen LogP contribution in [0.4, 0.5) is 11.4 Å². The maximum Gasteiger partial charge on any atom is 0.500 e. The Kier molecular flexibility index (Phi) is 34.4. The van der Waals surface area contributed by atoms with Gasteiger partial charge in [-0.3, -0.25) is 4.79 Å². The molecule has 0 fully saturated rings. The second kappa shape index (κ2) is 42.2. The van der Waals surface area contributed by atoms with Crippen LogP contribution in [0, 0.1) is 13.8 Å². The molecule has 7 aliphatic rings. The van der Waals surface area contributed by atoms with E-state index in [1.807, 2.05) is 90.9 Å². The topological polar surface area (TPSA) is 209 Å². The van der Waals surface area contributed by atoms with Gasteiger partial charge in [0, 0.05) is 171 Å². The summed E-state index contributed by atoms with van der Waals surface area (Å²) in [4.78, 5) is 49.6. The monoisotopic (exact) mass is 1560 g/mol. The van der Waals surface area contributed by atoms with Crippen LogP contribution in [0.2, 0.25) is 12.1 Å². The standard InChI is InChI=1S/C32H30N2O3.C30H34N2O3.C12H26O4Si.C11H25NO4Si.2ClH/c35-32(36)22-10-2-1-9-21(22)27-25-17-19-7-3-13-33-15-5-11-23(28(19)33)30(25)37-31-24-12-6-16-34-14-4-8-20(29(24)34)18-26(27)31;1-7-31-25-17-27-23(15-19(25)5)29(21-13-11-12-14-22(21)30(33)34-10-4)24-16-20(6)26(18-28(24)35-27)32(8-2)9-3;1-5-14-17(15-6-2,16-7-3)11-9-8-10-12(4)13;1-5-14-17(15-6-2,16-7-3)10-8-9-12-11(4)13;;/h1-2,9-10,17-18H,3-8,11-16H2;11-18H,7-10H2,1-6H3;5-11H2,1-4H3;5-10H2,1-4H3,(H,12,13);2*1H. The van der Waals surface area contributed by atoms with Crippen LogP contribution in [-0.2, 0) is 66.6 Å². The van der Waals surface area contributed by atoms with Gasteiger partial charge >= 0.3 is 29.5 Å². The van der Waals surface area contributed by atoms with Gasteiger partial charge in [-0.2, -0.15) is 0 Å². The zero-order valence-corrected chi connectivity index (χ0v) is 70.0. The summed E-state index contributed by atoms with van der Waals surface area (Å²) in [6, 6.07) is 30.0. The Labute approximate surface area is 654 Å². The zero-order valence-electron chi connectivity index (χ0n) is 66.4. The normalized spacial score (nSPS) is 13.7. The van der Waals surface area contributed by atoms with Crippen LogP contribution in [0.1, 0.15) is 200 Å². The number of aromatic carboxylic acids is 1. The summed E-state index contributed by atoms with van der Waals surface area (Å²) in [5.74, 6) is 1.76. The maximum atomic E-state index is 12.9. The highest BCUT2D eigenvalue weighted by molar-refractivity contribution is 6.61. The number of carboxylic acid groups (broad SMARTS) is 1. The van der Waals surface area contributed by atoms with E-state index in [0.717, 1.165) is 212 Å². The molecule has 12 rings (SSSR count). The van der Waals surface area contributed by atoms with Crippen LogP contribution in [0.5, 0.6) is 11.5 Å². The number of ether oxygens (including phenoxy) is 2. The highest BCUT2D eigenvalue weighted by Gasteiger charge is 2.42. The molecule has 108 heavy (non-hydrogen) atoms. The molecule has 0 bridgehead atoms. The quantitative estimate of drug-likeness (QED) is 0.0127. The first-order chi connectivity index (χ1) is 51.3. The second-order valence-corrected chi connectivity index (χ2v) is 32.9. The third-order valence-electron chi connectivity index (χ3n) is 20.1. The fourth-order valence-corrected chi connectivity index (χ4v) is 21.1. The van der Waals surface area contributed by atoms with Gasteiger partial charge in [-0.15, -0.1) is 0 Å². The van der Waals surface area contributed by atoms with Crippen LogP contribution in [0.25, 0.3) is 39.0 Å². The number of carboxylic acids is 1. The van der Waals surface area contributed by atoms with Crippen molar-refractivity contribution in [3.63, 3.8) is 0 Å². The number of nitrogens with one attached hydrogen (secondary N) is 2. The fourth-order valence-electron chi connectivity index (χ4n) is 15.8. The van der Waals surface area contributed by atoms with Crippen molar-refractivity contribution in [2.24, 2.45) is 0 Å². The molecule has 588 valence electrons. The van der Waals surface area contributed by atoms with Crippen molar-refractivity contribution in [2.75, 3.05) is 109 Å². The Morgan fingerprint density at radius 2 is 1.19 bits per heavy atom. The van der Waals surface area contributed by atoms with Crippen LogP contribution < -0.4 is 70.2 Å². The molecule has 0 unspecified atom stereocenters. The summed E-state index contributed by atoms with van der Waals surface area (Å²) >= 11 is 0. The Bertz CT molecular complexity index is 4340. The van der Waals surface area contributed by atoms with E-state index in [1.165, 1.54) is 45.8 Å². The maximum absolute atomic E-state index is 12.9. The minimum atomic E-state index is -2.52. The molecular weight excluding hydrogens is 1440 g/mol. The number of rotatable bonds is 30. The van der Waals surface area contributed by atoms with E-state index in [9.17, 15) is 24.3 Å². The molecule has 5 aromatic rings. The van der Waals surface area contributed by atoms with Gasteiger partial charge in [-0.05, 0) is 206 Å². The Hall–Kier alpha value is -7.29. The Balaban J connectivity index is 0.000000213. The summed E-state index contributed by atoms with van der Waals surface area (Å²) in [6.45, 7) is 39.0. The predicted molar refractivity (Wildman–Crippen MR) is 427 cm³/mol. The van der Waals surface area contributed by atoms with Crippen molar-refractivity contribution in [1.82, 2.24) is 14.5 Å². The van der Waals surface area contributed by atoms with E-state index in [1.54, 1.807) is 13.0 Å². The van der Waals surface area contributed by atoms with Gasteiger partial charge in [0.1, 0.15) is 54.8 Å². The first-order valence-corrected chi connectivity index (χ1v) is 43.1. The number of amides is 1. The number of aryl methyl sites for hydroxylation is 4. The van der Waals surface area contributed by atoms with E-state index in [-0.39, 0.29) is 42.5 Å². The van der Waals surface area contributed by atoms with E-state index < -0.39 is 23.6 Å². The molecule has 0 atom stereocenters. The first kappa shape index (κ1) is 87.9. The van der Waals surface area contributed by atoms with Crippen LogP contribution >= 0.6 is 0 Å². The van der Waals surface area contributed by atoms with Gasteiger partial charge < -0.3 is 90.7 Å². The lowest BCUT2D eigenvalue weighted by Gasteiger charge is -2.39. The lowest BCUT2D eigenvalue weighted by molar-refractivity contribution is -0.119. The SMILES string of the molecule is CCNc1cc2oc3cc(=[N+](CC)CC)c(C)cc-3c(-c3ccccc3C(=O)OCC)c2cc1C.CCO[Si](CCCCC(C)=O)(OCC)OCC.CCO[Si](CCCNC(C)=O)(OCC)OCC.O=C(O)c1ccccc1C1=c2cc3c4c(c2Oc2c1cc1c5c2CCCN5CCC1)CCC[N+]=4CCC3.[Cl-].[Cl-]. The summed E-state index contributed by atoms with van der Waals surface area (Å²) in [7, 11) is -5.00. The number of esters is 1. The minimum Gasteiger partial charge on any atom is -1.00 e. The Morgan fingerprint density at radius 3 is 1.78 bits per heavy atom. The fraction of sp³-hybridized carbons (Fsp3) is 0.506. The predicted octanol–water partition coefficient (Wildman–Crippen LogP) is 8.43. The van der Waals surface area contributed by atoms with Crippen molar-refractivity contribution in [3.05, 3.63) is 156 Å². The third-order valence-corrected chi connectivity index (χ3v) is 26.4. The molecule has 6 aliphatic heterocycles. The number of anilines is 2. The van der Waals surface area contributed by atoms with Gasteiger partial charge in [0.05, 0.1) is 29.4 Å². The number of Topliss-reactive ketones (excluding diaryl/α,β-unsaturated/α-hetero) is 1. The number of carbonyl (C=O) groups excluding carboxylic acids is 3. The molecule has 0 saturated heterocycles. The van der Waals surface area contributed by atoms with Crippen molar-refractivity contribution in [1.29, 1.82) is 0 Å². The molecular formula is C85H117Cl2N5O14Si2. The molecule has 0 radical (unpaired) electrons. The molecule has 0 aromatic heterocycles. The summed E-state index contributed by atoms with van der Waals surface area (Å²) in [5.41, 5.74) is 17.6. The number of hydrogen-bond acceptors (Lipinski definition) is 15. The number of benzene rings is 6. The lowest BCUT2D eigenvalue weighted by Crippen LogP contribution is -3.00. The lowest BCUT2D eigenvalue weighted by atomic mass is 9.82. The highest BCUT2D eigenvalue weighted by Crippen LogP contribution is 2.49. The van der Waals surface area contributed by atoms with Crippen molar-refractivity contribution in [3.8, 4) is 33.9 Å². The average molecular weight is 1560 g/mol. The van der Waals surface area contributed by atoms with Gasteiger partial charge in [0.25, 0.3) is 0 Å². The summed E-state index contributed by atoms with van der Waals surface area (Å²) in [6.07, 6.45) is 12.0. The molecule has 23 heteroatoms. The van der Waals surface area contributed by atoms with E-state index in [2.05, 4.69) is 95.7 Å². The second-order valence-electron chi connectivity index (χ2n) is 27.4. The summed E-state index contributed by atoms with van der Waals surface area (Å²) < 4.78 is 58.2. The summed E-state index contributed by atoms with van der Waals surface area (Å²) in [5, 5.41) is 21.0. The largest absolute Gasteiger partial charge is 1.00 e. The molecule has 0 spiro atoms. The first-order valence-electron chi connectivity index (χ1n) is 39.2. The molecule has 5 aromatic carbocycles. The van der Waals surface area contributed by atoms with Crippen LogP contribution in [-0.4, -0.2) is 145 Å². The van der Waals surface area contributed by atoms with E-state index >= 15 is 0 Å². The highest BCUT2D eigenvalue weighted by atomic mass is 35.5. The van der Waals surface area contributed by atoms with Crippen LogP contribution in [0.15, 0.2) is 89.3 Å².